The van der Waals surface area contributed by atoms with Gasteiger partial charge >= 0.3 is 5.97 Å². The van der Waals surface area contributed by atoms with Crippen LogP contribution in [0.25, 0.3) is 6.08 Å². The molecule has 2 heterocycles. The maximum atomic E-state index is 14.2. The number of benzene rings is 3. The molecule has 0 radical (unpaired) electrons. The van der Waals surface area contributed by atoms with E-state index in [4.69, 9.17) is 29.2 Å². The van der Waals surface area contributed by atoms with Gasteiger partial charge in [-0.3, -0.25) is 9.36 Å². The van der Waals surface area contributed by atoms with Gasteiger partial charge in [0.25, 0.3) is 5.56 Å². The highest BCUT2D eigenvalue weighted by Gasteiger charge is 2.35. The summed E-state index contributed by atoms with van der Waals surface area (Å²) in [4.78, 5) is 33.0. The van der Waals surface area contributed by atoms with Crippen LogP contribution in [0.3, 0.4) is 0 Å². The normalized spacial score (nSPS) is 14.3. The minimum atomic E-state index is -0.783. The first-order chi connectivity index (χ1) is 22.3. The van der Waals surface area contributed by atoms with Gasteiger partial charge in [0.1, 0.15) is 18.4 Å². The quantitative estimate of drug-likeness (QED) is 0.182. The zero-order valence-corrected chi connectivity index (χ0v) is 28.2. The van der Waals surface area contributed by atoms with Crippen molar-refractivity contribution in [3.63, 3.8) is 0 Å². The second-order valence-electron chi connectivity index (χ2n) is 10.3. The lowest BCUT2D eigenvalue weighted by atomic mass is 9.93. The van der Waals surface area contributed by atoms with E-state index in [1.165, 1.54) is 11.3 Å². The maximum Gasteiger partial charge on any atom is 0.338 e. The SMILES string of the molecule is CCCC1=C(C(=O)OCC)[C@H](c2ccccc2OC)n2c(s/c(=C/c3cc(Br)c(OCc4ccc(C#N)cc4)c(OC)c3)c2=O)=N1. The van der Waals surface area contributed by atoms with Crippen molar-refractivity contribution >= 4 is 39.3 Å². The Morgan fingerprint density at radius 1 is 1.09 bits per heavy atom. The predicted octanol–water partition coefficient (Wildman–Crippen LogP) is 5.81. The monoisotopic (exact) mass is 701 g/mol. The molecule has 0 N–H and O–H groups in total. The second-order valence-corrected chi connectivity index (χ2v) is 12.2. The molecule has 1 aliphatic rings. The van der Waals surface area contributed by atoms with Gasteiger partial charge in [-0.1, -0.05) is 55.0 Å². The van der Waals surface area contributed by atoms with Crippen LogP contribution >= 0.6 is 27.3 Å². The maximum absolute atomic E-state index is 14.2. The summed E-state index contributed by atoms with van der Waals surface area (Å²) in [5.74, 6) is 1.02. The molecule has 0 saturated carbocycles. The van der Waals surface area contributed by atoms with Gasteiger partial charge in [0, 0.05) is 5.56 Å². The number of hydrogen-bond acceptors (Lipinski definition) is 9. The first-order valence-corrected chi connectivity index (χ1v) is 16.3. The number of thiazole rings is 1. The number of esters is 1. The standard InChI is InChI=1S/C35H32BrN3O6S/c1-5-9-26-30(34(41)44-6-2)31(24-10-7-8-11-27(24)42-3)39-33(40)29(46-35(39)38-26)18-23-16-25(36)32(28(17-23)43-4)45-20-22-14-12-21(19-37)13-15-22/h7-8,10-18,31H,5-6,9,20H2,1-4H3/b29-18+/t31-/m0/s1. The van der Waals surface area contributed by atoms with Crippen LogP contribution in [0.2, 0.25) is 0 Å². The summed E-state index contributed by atoms with van der Waals surface area (Å²) in [6.07, 6.45) is 3.07. The fourth-order valence-corrected chi connectivity index (χ4v) is 6.85. The average Bonchev–Trinajstić information content (AvgIpc) is 3.37. The van der Waals surface area contributed by atoms with Crippen molar-refractivity contribution in [2.24, 2.45) is 4.99 Å². The lowest BCUT2D eigenvalue weighted by molar-refractivity contribution is -0.139. The molecule has 0 fully saturated rings. The van der Waals surface area contributed by atoms with Gasteiger partial charge in [-0.15, -0.1) is 0 Å². The average molecular weight is 703 g/mol. The van der Waals surface area contributed by atoms with Crippen LogP contribution in [-0.2, 0) is 16.1 Å². The van der Waals surface area contributed by atoms with Gasteiger partial charge in [-0.2, -0.15) is 5.26 Å². The number of carbonyl (C=O) groups is 1. The summed E-state index contributed by atoms with van der Waals surface area (Å²) in [5.41, 5.74) is 3.47. The second kappa shape index (κ2) is 14.6. The summed E-state index contributed by atoms with van der Waals surface area (Å²) in [6, 6.07) is 19.5. The van der Waals surface area contributed by atoms with Gasteiger partial charge in [-0.25, -0.2) is 9.79 Å². The van der Waals surface area contributed by atoms with Crippen LogP contribution in [-0.4, -0.2) is 31.4 Å². The zero-order chi connectivity index (χ0) is 32.8. The molecular weight excluding hydrogens is 670 g/mol. The Morgan fingerprint density at radius 2 is 1.83 bits per heavy atom. The third-order valence-electron chi connectivity index (χ3n) is 7.34. The first kappa shape index (κ1) is 32.7. The van der Waals surface area contributed by atoms with E-state index in [1.54, 1.807) is 50.0 Å². The molecule has 1 aromatic heterocycles. The van der Waals surface area contributed by atoms with Crippen molar-refractivity contribution < 1.29 is 23.7 Å². The Labute approximate surface area is 278 Å². The first-order valence-electron chi connectivity index (χ1n) is 14.7. The largest absolute Gasteiger partial charge is 0.496 e. The van der Waals surface area contributed by atoms with Crippen LogP contribution in [0, 0.1) is 11.3 Å². The Balaban J connectivity index is 1.61. The molecule has 46 heavy (non-hydrogen) atoms. The third-order valence-corrected chi connectivity index (χ3v) is 8.91. The number of allylic oxidation sites excluding steroid dienone is 1. The molecule has 0 unspecified atom stereocenters. The van der Waals surface area contributed by atoms with Crippen LogP contribution < -0.4 is 29.1 Å². The molecule has 1 aliphatic heterocycles. The molecule has 0 bridgehead atoms. The number of nitriles is 1. The molecule has 1 atom stereocenters. The van der Waals surface area contributed by atoms with E-state index >= 15 is 0 Å². The number of aromatic nitrogens is 1. The molecule has 5 rings (SSSR count). The Bertz CT molecular complexity index is 2020. The lowest BCUT2D eigenvalue weighted by Gasteiger charge is -2.26. The number of para-hydroxylation sites is 1. The fraction of sp³-hybridized carbons (Fsp3) is 0.257. The van der Waals surface area contributed by atoms with E-state index in [0.717, 1.165) is 12.0 Å². The number of ether oxygens (including phenoxy) is 4. The van der Waals surface area contributed by atoms with E-state index in [0.29, 0.717) is 65.4 Å². The molecule has 9 nitrogen and oxygen atoms in total. The van der Waals surface area contributed by atoms with Crippen LogP contribution in [0.1, 0.15) is 55.0 Å². The van der Waals surface area contributed by atoms with E-state index in [-0.39, 0.29) is 18.8 Å². The number of carbonyl (C=O) groups excluding carboxylic acids is 1. The topological polar surface area (TPSA) is 112 Å². The number of halogens is 1. The van der Waals surface area contributed by atoms with Crippen molar-refractivity contribution in [2.45, 2.75) is 39.3 Å². The van der Waals surface area contributed by atoms with Crippen molar-refractivity contribution in [1.82, 2.24) is 4.57 Å². The van der Waals surface area contributed by atoms with Crippen LogP contribution in [0.5, 0.6) is 17.2 Å². The summed E-state index contributed by atoms with van der Waals surface area (Å²) in [7, 11) is 3.11. The molecule has 0 spiro atoms. The molecular formula is C35H32BrN3O6S. The van der Waals surface area contributed by atoms with Crippen LogP contribution in [0.4, 0.5) is 0 Å². The van der Waals surface area contributed by atoms with Crippen molar-refractivity contribution in [3.05, 3.63) is 118 Å². The fourth-order valence-electron chi connectivity index (χ4n) is 5.25. The zero-order valence-electron chi connectivity index (χ0n) is 25.8. The van der Waals surface area contributed by atoms with Crippen molar-refractivity contribution in [2.75, 3.05) is 20.8 Å². The third kappa shape index (κ3) is 6.64. The summed E-state index contributed by atoms with van der Waals surface area (Å²) >= 11 is 4.86. The Hall–Kier alpha value is -4.66. The number of fused-ring (bicyclic) bond motifs is 1. The highest BCUT2D eigenvalue weighted by Crippen LogP contribution is 2.38. The van der Waals surface area contributed by atoms with Gasteiger partial charge < -0.3 is 18.9 Å². The van der Waals surface area contributed by atoms with E-state index < -0.39 is 12.0 Å². The van der Waals surface area contributed by atoms with Crippen molar-refractivity contribution in [3.8, 4) is 23.3 Å². The molecule has 4 aromatic rings. The van der Waals surface area contributed by atoms with Gasteiger partial charge in [0.05, 0.1) is 52.7 Å². The summed E-state index contributed by atoms with van der Waals surface area (Å²) < 4.78 is 25.5. The minimum absolute atomic E-state index is 0.189. The van der Waals surface area contributed by atoms with E-state index in [2.05, 4.69) is 22.0 Å². The molecule has 236 valence electrons. The number of hydrogen-bond donors (Lipinski definition) is 0. The van der Waals surface area contributed by atoms with E-state index in [9.17, 15) is 9.59 Å². The number of rotatable bonds is 11. The Kier molecular flexibility index (Phi) is 10.4. The smallest absolute Gasteiger partial charge is 0.338 e. The van der Waals surface area contributed by atoms with E-state index in [1.807, 2.05) is 49.4 Å². The molecule has 0 aliphatic carbocycles. The molecule has 0 saturated heterocycles. The predicted molar refractivity (Wildman–Crippen MR) is 179 cm³/mol. The number of nitrogens with zero attached hydrogens (tertiary/aromatic N) is 3. The molecule has 3 aromatic carbocycles. The highest BCUT2D eigenvalue weighted by molar-refractivity contribution is 9.10. The summed E-state index contributed by atoms with van der Waals surface area (Å²) in [5, 5.41) is 9.05. The lowest BCUT2D eigenvalue weighted by Crippen LogP contribution is -2.40. The van der Waals surface area contributed by atoms with Crippen molar-refractivity contribution in [1.29, 1.82) is 5.26 Å². The van der Waals surface area contributed by atoms with Gasteiger partial charge in [0.15, 0.2) is 16.3 Å². The van der Waals surface area contributed by atoms with Gasteiger partial charge in [0.2, 0.25) is 0 Å². The van der Waals surface area contributed by atoms with Crippen LogP contribution in [0.15, 0.2) is 86.2 Å². The number of methoxy groups -OCH3 is 2. The molecule has 0 amide bonds. The van der Waals surface area contributed by atoms with Gasteiger partial charge in [-0.05, 0) is 76.8 Å². The highest BCUT2D eigenvalue weighted by atomic mass is 79.9. The minimum Gasteiger partial charge on any atom is -0.496 e. The Morgan fingerprint density at radius 3 is 2.50 bits per heavy atom. The molecule has 11 heteroatoms. The summed E-state index contributed by atoms with van der Waals surface area (Å²) in [6.45, 7) is 4.22.